The Morgan fingerprint density at radius 3 is 2.88 bits per heavy atom. The van der Waals surface area contributed by atoms with Crippen LogP contribution in [0.15, 0.2) is 24.3 Å². The Labute approximate surface area is 93.6 Å². The van der Waals surface area contributed by atoms with Gasteiger partial charge in [-0.05, 0) is 37.7 Å². The molecule has 0 heterocycles. The minimum absolute atomic E-state index is 0.271. The second-order valence-electron chi connectivity index (χ2n) is 3.30. The van der Waals surface area contributed by atoms with Crippen LogP contribution in [-0.4, -0.2) is 23.6 Å². The topological polar surface area (TPSA) is 75.4 Å². The molecule has 0 aromatic heterocycles. The maximum Gasteiger partial charge on any atom is 0.310 e. The zero-order valence-electron chi connectivity index (χ0n) is 9.01. The van der Waals surface area contributed by atoms with Gasteiger partial charge in [0.05, 0.1) is 4.92 Å². The van der Waals surface area contributed by atoms with Crippen molar-refractivity contribution >= 4 is 11.8 Å². The molecule has 0 atom stereocenters. The number of nitrogens with zero attached hydrogens (tertiary/aromatic N) is 1. The van der Waals surface area contributed by atoms with E-state index in [4.69, 9.17) is 0 Å². The molecule has 16 heavy (non-hydrogen) atoms. The lowest BCUT2D eigenvalue weighted by molar-refractivity contribution is -0.385. The molecule has 0 spiro atoms. The van der Waals surface area contributed by atoms with Crippen LogP contribution in [0.25, 0.3) is 6.08 Å². The Kier molecular flexibility index (Phi) is 4.47. The van der Waals surface area contributed by atoms with Crippen LogP contribution in [0.2, 0.25) is 0 Å². The van der Waals surface area contributed by atoms with Crippen LogP contribution in [0.1, 0.15) is 12.0 Å². The molecule has 2 N–H and O–H groups in total. The molecule has 0 unspecified atom stereocenters. The number of nitro benzene ring substituents is 1. The van der Waals surface area contributed by atoms with Gasteiger partial charge in [-0.1, -0.05) is 12.2 Å². The number of phenolic OH excluding ortho intramolecular Hbond substituents is 1. The number of phenols is 1. The highest BCUT2D eigenvalue weighted by atomic mass is 16.6. The van der Waals surface area contributed by atoms with Gasteiger partial charge in [0, 0.05) is 6.07 Å². The highest BCUT2D eigenvalue weighted by Gasteiger charge is 2.11. The van der Waals surface area contributed by atoms with E-state index in [1.165, 1.54) is 12.1 Å². The lowest BCUT2D eigenvalue weighted by Crippen LogP contribution is -2.05. The SMILES string of the molecule is CNCCC=Cc1ccc([N+](=O)[O-])c(O)c1. The summed E-state index contributed by atoms with van der Waals surface area (Å²) in [5.41, 5.74) is 0.478. The number of hydrogen-bond donors (Lipinski definition) is 2. The fourth-order valence-electron chi connectivity index (χ4n) is 1.25. The smallest absolute Gasteiger partial charge is 0.310 e. The van der Waals surface area contributed by atoms with Crippen molar-refractivity contribution in [3.8, 4) is 5.75 Å². The molecule has 0 aliphatic heterocycles. The molecule has 0 saturated carbocycles. The molecule has 5 nitrogen and oxygen atoms in total. The van der Waals surface area contributed by atoms with Gasteiger partial charge in [-0.3, -0.25) is 10.1 Å². The lowest BCUT2D eigenvalue weighted by atomic mass is 10.1. The summed E-state index contributed by atoms with van der Waals surface area (Å²) in [6.45, 7) is 0.870. The predicted octanol–water partition coefficient (Wildman–Crippen LogP) is 1.92. The first-order valence-electron chi connectivity index (χ1n) is 4.93. The maximum absolute atomic E-state index is 10.5. The minimum atomic E-state index is -0.607. The number of aromatic hydroxyl groups is 1. The summed E-state index contributed by atoms with van der Waals surface area (Å²) < 4.78 is 0. The Bertz CT molecular complexity index is 402. The van der Waals surface area contributed by atoms with Crippen molar-refractivity contribution in [2.45, 2.75) is 6.42 Å². The number of benzene rings is 1. The molecule has 0 aliphatic carbocycles. The molecule has 0 radical (unpaired) electrons. The molecule has 0 saturated heterocycles. The largest absolute Gasteiger partial charge is 0.502 e. The average Bonchev–Trinajstić information content (AvgIpc) is 2.24. The van der Waals surface area contributed by atoms with Crippen LogP contribution in [0.5, 0.6) is 5.75 Å². The first-order valence-corrected chi connectivity index (χ1v) is 4.93. The van der Waals surface area contributed by atoms with E-state index in [2.05, 4.69) is 5.32 Å². The molecule has 86 valence electrons. The van der Waals surface area contributed by atoms with Gasteiger partial charge in [-0.15, -0.1) is 0 Å². The third-order valence-electron chi connectivity index (χ3n) is 2.07. The van der Waals surface area contributed by atoms with Crippen molar-refractivity contribution in [3.63, 3.8) is 0 Å². The molecule has 0 aliphatic rings. The van der Waals surface area contributed by atoms with Crippen LogP contribution < -0.4 is 5.32 Å². The molecule has 0 fully saturated rings. The highest BCUT2D eigenvalue weighted by Crippen LogP contribution is 2.26. The summed E-state index contributed by atoms with van der Waals surface area (Å²) in [4.78, 5) is 9.84. The second kappa shape index (κ2) is 5.87. The molecule has 1 rings (SSSR count). The molecular weight excluding hydrogens is 208 g/mol. The van der Waals surface area contributed by atoms with E-state index in [1.54, 1.807) is 6.07 Å². The molecule has 0 bridgehead atoms. The van der Waals surface area contributed by atoms with E-state index in [0.29, 0.717) is 0 Å². The Morgan fingerprint density at radius 1 is 1.56 bits per heavy atom. The van der Waals surface area contributed by atoms with Crippen molar-refractivity contribution in [1.82, 2.24) is 5.32 Å². The van der Waals surface area contributed by atoms with Crippen LogP contribution in [0.4, 0.5) is 5.69 Å². The fraction of sp³-hybridized carbons (Fsp3) is 0.273. The molecule has 0 amide bonds. The van der Waals surface area contributed by atoms with Gasteiger partial charge >= 0.3 is 5.69 Å². The van der Waals surface area contributed by atoms with E-state index in [-0.39, 0.29) is 11.4 Å². The Morgan fingerprint density at radius 2 is 2.31 bits per heavy atom. The van der Waals surface area contributed by atoms with Crippen LogP contribution in [0.3, 0.4) is 0 Å². The van der Waals surface area contributed by atoms with Gasteiger partial charge in [0.2, 0.25) is 0 Å². The summed E-state index contributed by atoms with van der Waals surface area (Å²) in [6.07, 6.45) is 4.63. The van der Waals surface area contributed by atoms with Gasteiger partial charge in [-0.2, -0.15) is 0 Å². The summed E-state index contributed by atoms with van der Waals surface area (Å²) in [7, 11) is 1.87. The summed E-state index contributed by atoms with van der Waals surface area (Å²) in [5, 5.41) is 22.8. The van der Waals surface area contributed by atoms with Gasteiger partial charge in [0.1, 0.15) is 0 Å². The minimum Gasteiger partial charge on any atom is -0.502 e. The van der Waals surface area contributed by atoms with Crippen molar-refractivity contribution in [2.24, 2.45) is 0 Å². The van der Waals surface area contributed by atoms with Crippen molar-refractivity contribution in [1.29, 1.82) is 0 Å². The number of hydrogen-bond acceptors (Lipinski definition) is 4. The van der Waals surface area contributed by atoms with Gasteiger partial charge in [-0.25, -0.2) is 0 Å². The van der Waals surface area contributed by atoms with Gasteiger partial charge < -0.3 is 10.4 Å². The highest BCUT2D eigenvalue weighted by molar-refractivity contribution is 5.57. The maximum atomic E-state index is 10.5. The van der Waals surface area contributed by atoms with Crippen LogP contribution >= 0.6 is 0 Å². The quantitative estimate of drug-likeness (QED) is 0.453. The molecule has 1 aromatic carbocycles. The number of rotatable bonds is 5. The van der Waals surface area contributed by atoms with E-state index >= 15 is 0 Å². The third kappa shape index (κ3) is 3.36. The molecule has 5 heteroatoms. The van der Waals surface area contributed by atoms with Gasteiger partial charge in [0.15, 0.2) is 5.75 Å². The predicted molar refractivity (Wildman–Crippen MR) is 62.3 cm³/mol. The normalized spacial score (nSPS) is 10.8. The second-order valence-corrected chi connectivity index (χ2v) is 3.30. The van der Waals surface area contributed by atoms with E-state index in [9.17, 15) is 15.2 Å². The first-order chi connectivity index (χ1) is 7.65. The lowest BCUT2D eigenvalue weighted by Gasteiger charge is -1.97. The molecule has 1 aromatic rings. The monoisotopic (exact) mass is 222 g/mol. The van der Waals surface area contributed by atoms with Crippen molar-refractivity contribution in [2.75, 3.05) is 13.6 Å². The number of nitro groups is 1. The third-order valence-corrected chi connectivity index (χ3v) is 2.07. The van der Waals surface area contributed by atoms with Crippen LogP contribution in [-0.2, 0) is 0 Å². The fourth-order valence-corrected chi connectivity index (χ4v) is 1.25. The van der Waals surface area contributed by atoms with E-state index in [0.717, 1.165) is 18.5 Å². The average molecular weight is 222 g/mol. The first kappa shape index (κ1) is 12.2. The van der Waals surface area contributed by atoms with Crippen molar-refractivity contribution < 1.29 is 10.0 Å². The van der Waals surface area contributed by atoms with E-state index < -0.39 is 4.92 Å². The summed E-state index contributed by atoms with van der Waals surface area (Å²) in [5.74, 6) is -0.305. The Hall–Kier alpha value is -1.88. The standard InChI is InChI=1S/C11H14N2O3/c1-12-7-3-2-4-9-5-6-10(13(15)16)11(14)8-9/h2,4-6,8,12,14H,3,7H2,1H3. The van der Waals surface area contributed by atoms with E-state index in [1.807, 2.05) is 19.2 Å². The summed E-state index contributed by atoms with van der Waals surface area (Å²) >= 11 is 0. The van der Waals surface area contributed by atoms with Crippen LogP contribution in [0, 0.1) is 10.1 Å². The molecular formula is C11H14N2O3. The number of nitrogens with one attached hydrogen (secondary N) is 1. The zero-order valence-corrected chi connectivity index (χ0v) is 9.01. The van der Waals surface area contributed by atoms with Crippen molar-refractivity contribution in [3.05, 3.63) is 40.0 Å². The Balaban J connectivity index is 2.73. The van der Waals surface area contributed by atoms with Gasteiger partial charge in [0.25, 0.3) is 0 Å². The zero-order chi connectivity index (χ0) is 12.0. The summed E-state index contributed by atoms with van der Waals surface area (Å²) in [6, 6.07) is 4.29.